The van der Waals surface area contributed by atoms with E-state index in [1.54, 1.807) is 0 Å². The Morgan fingerprint density at radius 3 is 2.68 bits per heavy atom. The second kappa shape index (κ2) is 5.36. The smallest absolute Gasteiger partial charge is 0.275 e. The van der Waals surface area contributed by atoms with Crippen LogP contribution >= 0.6 is 0 Å². The van der Waals surface area contributed by atoms with Gasteiger partial charge in [0.15, 0.2) is 17.5 Å². The Morgan fingerprint density at radius 1 is 1.21 bits per heavy atom. The van der Waals surface area contributed by atoms with Crippen molar-refractivity contribution in [3.05, 3.63) is 47.9 Å². The molecule has 0 saturated heterocycles. The summed E-state index contributed by atoms with van der Waals surface area (Å²) < 4.78 is 25.7. The number of carbonyl (C=O) groups excluding carboxylic acids is 1. The second-order valence-corrected chi connectivity index (χ2v) is 3.52. The molecule has 19 heavy (non-hydrogen) atoms. The van der Waals surface area contributed by atoms with Gasteiger partial charge in [-0.05, 0) is 12.1 Å². The molecule has 98 valence electrons. The fourth-order valence-electron chi connectivity index (χ4n) is 1.31. The van der Waals surface area contributed by atoms with Crippen LogP contribution in [0.1, 0.15) is 10.5 Å². The monoisotopic (exact) mass is 265 g/mol. The first kappa shape index (κ1) is 12.8. The van der Waals surface area contributed by atoms with Crippen molar-refractivity contribution in [1.29, 1.82) is 0 Å². The molecule has 0 aliphatic heterocycles. The maximum Gasteiger partial charge on any atom is 0.275 e. The summed E-state index contributed by atoms with van der Waals surface area (Å²) in [4.78, 5) is 19.4. The minimum Gasteiger partial charge on any atom is -0.320 e. The lowest BCUT2D eigenvalue weighted by Crippen LogP contribution is -2.16. The molecule has 0 spiro atoms. The Hall–Kier alpha value is -2.61. The number of aromatic nitrogens is 2. The van der Waals surface area contributed by atoms with E-state index in [4.69, 9.17) is 5.84 Å². The Labute approximate surface area is 106 Å². The Morgan fingerprint density at radius 2 is 2.00 bits per heavy atom. The molecule has 0 radical (unpaired) electrons. The largest absolute Gasteiger partial charge is 0.320 e. The van der Waals surface area contributed by atoms with E-state index >= 15 is 0 Å². The van der Waals surface area contributed by atoms with E-state index in [0.717, 1.165) is 12.1 Å². The van der Waals surface area contributed by atoms with Gasteiger partial charge >= 0.3 is 0 Å². The number of halogens is 2. The van der Waals surface area contributed by atoms with Gasteiger partial charge in [-0.25, -0.2) is 19.6 Å². The topological polar surface area (TPSA) is 92.9 Å². The number of nitrogen functional groups attached to an aromatic ring is 1. The number of hydrogen-bond donors (Lipinski definition) is 3. The third-order valence-electron chi connectivity index (χ3n) is 2.19. The number of nitrogens with two attached hydrogens (primary N) is 1. The highest BCUT2D eigenvalue weighted by molar-refractivity contribution is 6.02. The van der Waals surface area contributed by atoms with Gasteiger partial charge in [0.1, 0.15) is 5.69 Å². The number of benzene rings is 1. The summed E-state index contributed by atoms with van der Waals surface area (Å²) in [5.74, 6) is 2.68. The van der Waals surface area contributed by atoms with Crippen LogP contribution in [-0.2, 0) is 0 Å². The predicted molar refractivity (Wildman–Crippen MR) is 64.2 cm³/mol. The van der Waals surface area contributed by atoms with Crippen molar-refractivity contribution in [2.45, 2.75) is 0 Å². The Kier molecular flexibility index (Phi) is 3.62. The average molecular weight is 265 g/mol. The summed E-state index contributed by atoms with van der Waals surface area (Å²) >= 11 is 0. The van der Waals surface area contributed by atoms with Crippen LogP contribution in [0.15, 0.2) is 30.6 Å². The normalized spacial score (nSPS) is 10.1. The maximum atomic E-state index is 13.0. The number of nitrogens with one attached hydrogen (secondary N) is 2. The second-order valence-electron chi connectivity index (χ2n) is 3.52. The summed E-state index contributed by atoms with van der Waals surface area (Å²) in [5.41, 5.74) is 2.33. The molecule has 0 unspecified atom stereocenters. The van der Waals surface area contributed by atoms with E-state index in [2.05, 4.69) is 20.7 Å². The summed E-state index contributed by atoms with van der Waals surface area (Å²) in [7, 11) is 0. The van der Waals surface area contributed by atoms with Gasteiger partial charge < -0.3 is 10.7 Å². The zero-order valence-electron chi connectivity index (χ0n) is 9.52. The van der Waals surface area contributed by atoms with Crippen LogP contribution in [0.5, 0.6) is 0 Å². The third-order valence-corrected chi connectivity index (χ3v) is 2.19. The van der Waals surface area contributed by atoms with Gasteiger partial charge in [0.25, 0.3) is 5.91 Å². The van der Waals surface area contributed by atoms with Gasteiger partial charge in [0, 0.05) is 11.8 Å². The fourth-order valence-corrected chi connectivity index (χ4v) is 1.31. The lowest BCUT2D eigenvalue weighted by molar-refractivity contribution is 0.102. The summed E-state index contributed by atoms with van der Waals surface area (Å²) in [6, 6.07) is 3.01. The standard InChI is InChI=1S/C11H9F2N5O/c12-7-2-1-6(3-8(7)13)16-11(19)9-4-15-5-10(17-9)18-14/h1-5H,14H2,(H,16,19)(H,17,18). The number of carbonyl (C=O) groups is 1. The maximum absolute atomic E-state index is 13.0. The molecule has 4 N–H and O–H groups in total. The molecule has 1 aromatic carbocycles. The number of amides is 1. The summed E-state index contributed by atoms with van der Waals surface area (Å²) in [6.45, 7) is 0. The van der Waals surface area contributed by atoms with E-state index in [-0.39, 0.29) is 17.2 Å². The number of hydrogen-bond acceptors (Lipinski definition) is 5. The van der Waals surface area contributed by atoms with E-state index in [0.29, 0.717) is 0 Å². The van der Waals surface area contributed by atoms with Crippen LogP contribution < -0.4 is 16.6 Å². The van der Waals surface area contributed by atoms with Crippen molar-refractivity contribution < 1.29 is 13.6 Å². The van der Waals surface area contributed by atoms with Crippen LogP contribution in [0.2, 0.25) is 0 Å². The van der Waals surface area contributed by atoms with Gasteiger partial charge in [-0.15, -0.1) is 0 Å². The van der Waals surface area contributed by atoms with Crippen molar-refractivity contribution in [1.82, 2.24) is 9.97 Å². The summed E-state index contributed by atoms with van der Waals surface area (Å²) in [6.07, 6.45) is 2.55. The van der Waals surface area contributed by atoms with Crippen molar-refractivity contribution in [3.8, 4) is 0 Å². The third kappa shape index (κ3) is 2.99. The Bertz CT molecular complexity index is 620. The average Bonchev–Trinajstić information content (AvgIpc) is 2.43. The fraction of sp³-hybridized carbons (Fsp3) is 0. The predicted octanol–water partition coefficient (Wildman–Crippen LogP) is 1.29. The molecular formula is C11H9F2N5O. The molecule has 0 bridgehead atoms. The van der Waals surface area contributed by atoms with Crippen LogP contribution in [0.4, 0.5) is 20.3 Å². The highest BCUT2D eigenvalue weighted by atomic mass is 19.2. The molecule has 1 aromatic heterocycles. The van der Waals surface area contributed by atoms with E-state index < -0.39 is 17.5 Å². The van der Waals surface area contributed by atoms with Crippen LogP contribution in [0.25, 0.3) is 0 Å². The van der Waals surface area contributed by atoms with E-state index in [9.17, 15) is 13.6 Å². The number of anilines is 2. The molecular weight excluding hydrogens is 256 g/mol. The first-order valence-corrected chi connectivity index (χ1v) is 5.15. The Balaban J connectivity index is 2.18. The number of rotatable bonds is 3. The van der Waals surface area contributed by atoms with Crippen molar-refractivity contribution >= 4 is 17.4 Å². The van der Waals surface area contributed by atoms with Crippen molar-refractivity contribution in [3.63, 3.8) is 0 Å². The molecule has 0 fully saturated rings. The number of hydrazine groups is 1. The van der Waals surface area contributed by atoms with Gasteiger partial charge in [-0.2, -0.15) is 0 Å². The SMILES string of the molecule is NNc1cncc(C(=O)Nc2ccc(F)c(F)c2)n1. The lowest BCUT2D eigenvalue weighted by Gasteiger charge is -2.06. The highest BCUT2D eigenvalue weighted by Crippen LogP contribution is 2.14. The van der Waals surface area contributed by atoms with Gasteiger partial charge in [-0.3, -0.25) is 9.78 Å². The van der Waals surface area contributed by atoms with Crippen molar-refractivity contribution in [2.24, 2.45) is 5.84 Å². The summed E-state index contributed by atoms with van der Waals surface area (Å²) in [5, 5.41) is 2.36. The van der Waals surface area contributed by atoms with Crippen LogP contribution in [-0.4, -0.2) is 15.9 Å². The van der Waals surface area contributed by atoms with E-state index in [1.807, 2.05) is 0 Å². The first-order valence-electron chi connectivity index (χ1n) is 5.15. The lowest BCUT2D eigenvalue weighted by atomic mass is 10.3. The quantitative estimate of drug-likeness (QED) is 0.574. The molecule has 0 saturated carbocycles. The first-order chi connectivity index (χ1) is 9.10. The van der Waals surface area contributed by atoms with E-state index in [1.165, 1.54) is 18.5 Å². The molecule has 6 nitrogen and oxygen atoms in total. The van der Waals surface area contributed by atoms with Gasteiger partial charge in [0.2, 0.25) is 0 Å². The zero-order chi connectivity index (χ0) is 13.8. The zero-order valence-corrected chi connectivity index (χ0v) is 9.52. The van der Waals surface area contributed by atoms with Crippen LogP contribution in [0.3, 0.4) is 0 Å². The molecule has 2 rings (SSSR count). The molecule has 1 amide bonds. The highest BCUT2D eigenvalue weighted by Gasteiger charge is 2.10. The number of nitrogens with zero attached hydrogens (tertiary/aromatic N) is 2. The molecule has 0 atom stereocenters. The van der Waals surface area contributed by atoms with Crippen molar-refractivity contribution in [2.75, 3.05) is 10.7 Å². The molecule has 0 aliphatic rings. The van der Waals surface area contributed by atoms with Gasteiger partial charge in [0.05, 0.1) is 12.4 Å². The molecule has 1 heterocycles. The molecule has 2 aromatic rings. The minimum absolute atomic E-state index is 0.0137. The minimum atomic E-state index is -1.05. The molecule has 8 heteroatoms. The van der Waals surface area contributed by atoms with Crippen LogP contribution in [0, 0.1) is 11.6 Å². The molecule has 0 aliphatic carbocycles. The van der Waals surface area contributed by atoms with Gasteiger partial charge in [-0.1, -0.05) is 0 Å².